The molecule has 0 bridgehead atoms. The van der Waals surface area contributed by atoms with E-state index in [-0.39, 0.29) is 23.8 Å². The van der Waals surface area contributed by atoms with Gasteiger partial charge in [-0.1, -0.05) is 43.1 Å². The van der Waals surface area contributed by atoms with Crippen LogP contribution in [0.3, 0.4) is 0 Å². The number of nitrogens with one attached hydrogen (secondary N) is 2. The Labute approximate surface area is 173 Å². The lowest BCUT2D eigenvalue weighted by atomic mass is 9.76. The molecule has 28 heavy (non-hydrogen) atoms. The van der Waals surface area contributed by atoms with Gasteiger partial charge in [-0.05, 0) is 37.0 Å². The van der Waals surface area contributed by atoms with E-state index < -0.39 is 17.4 Å². The van der Waals surface area contributed by atoms with Gasteiger partial charge < -0.3 is 5.32 Å². The SMILES string of the molecule is CCCCN1C(=O)[C@H]2[C@@H](C1=O)[C@]1(N[C@@H]2CC(C)C)C(=O)Nc2ccc(Br)cc21. The van der Waals surface area contributed by atoms with Crippen molar-refractivity contribution in [2.24, 2.45) is 17.8 Å². The van der Waals surface area contributed by atoms with Gasteiger partial charge in [0.1, 0.15) is 5.54 Å². The van der Waals surface area contributed by atoms with Crippen LogP contribution in [0.4, 0.5) is 5.69 Å². The Balaban J connectivity index is 1.84. The predicted octanol–water partition coefficient (Wildman–Crippen LogP) is 3.02. The van der Waals surface area contributed by atoms with Crippen LogP contribution < -0.4 is 10.6 Å². The van der Waals surface area contributed by atoms with Gasteiger partial charge in [0.05, 0.1) is 11.8 Å². The lowest BCUT2D eigenvalue weighted by Gasteiger charge is -2.30. The van der Waals surface area contributed by atoms with Crippen molar-refractivity contribution in [2.75, 3.05) is 11.9 Å². The predicted molar refractivity (Wildman–Crippen MR) is 109 cm³/mol. The molecule has 1 aromatic rings. The normalized spacial score (nSPS) is 31.1. The van der Waals surface area contributed by atoms with Crippen LogP contribution in [0.25, 0.3) is 0 Å². The molecule has 4 atom stereocenters. The summed E-state index contributed by atoms with van der Waals surface area (Å²) in [7, 11) is 0. The second kappa shape index (κ2) is 6.95. The number of nitrogens with zero attached hydrogens (tertiary/aromatic N) is 1. The number of unbranched alkanes of at least 4 members (excludes halogenated alkanes) is 1. The molecule has 7 heteroatoms. The first-order chi connectivity index (χ1) is 13.3. The Morgan fingerprint density at radius 2 is 1.96 bits per heavy atom. The Kier molecular flexibility index (Phi) is 4.86. The van der Waals surface area contributed by atoms with E-state index in [1.165, 1.54) is 4.90 Å². The molecule has 2 saturated heterocycles. The van der Waals surface area contributed by atoms with E-state index in [0.29, 0.717) is 18.2 Å². The van der Waals surface area contributed by atoms with E-state index in [0.717, 1.165) is 29.3 Å². The van der Waals surface area contributed by atoms with E-state index in [1.54, 1.807) is 0 Å². The van der Waals surface area contributed by atoms with Gasteiger partial charge in [0.25, 0.3) is 0 Å². The van der Waals surface area contributed by atoms with Crippen molar-refractivity contribution in [3.05, 3.63) is 28.2 Å². The van der Waals surface area contributed by atoms with Crippen molar-refractivity contribution >= 4 is 39.3 Å². The van der Waals surface area contributed by atoms with Crippen LogP contribution in [0, 0.1) is 17.8 Å². The van der Waals surface area contributed by atoms with Crippen LogP contribution in [0.1, 0.15) is 45.6 Å². The maximum absolute atomic E-state index is 13.4. The summed E-state index contributed by atoms with van der Waals surface area (Å²) in [6.45, 7) is 6.65. The molecule has 2 N–H and O–H groups in total. The molecule has 1 spiro atoms. The number of amides is 3. The number of anilines is 1. The fourth-order valence-corrected chi connectivity index (χ4v) is 5.44. The van der Waals surface area contributed by atoms with Crippen molar-refractivity contribution in [3.8, 4) is 0 Å². The minimum atomic E-state index is -1.18. The first-order valence-electron chi connectivity index (χ1n) is 10.1. The number of hydrogen-bond acceptors (Lipinski definition) is 4. The zero-order valence-electron chi connectivity index (χ0n) is 16.4. The molecule has 0 unspecified atom stereocenters. The molecular weight excluding hydrogens is 422 g/mol. The highest BCUT2D eigenvalue weighted by molar-refractivity contribution is 9.10. The zero-order valence-corrected chi connectivity index (χ0v) is 18.0. The van der Waals surface area contributed by atoms with E-state index in [2.05, 4.69) is 40.4 Å². The molecule has 1 aromatic carbocycles. The Bertz CT molecular complexity index is 855. The number of benzene rings is 1. The lowest BCUT2D eigenvalue weighted by Crippen LogP contribution is -2.53. The van der Waals surface area contributed by atoms with Gasteiger partial charge in [-0.2, -0.15) is 0 Å². The molecule has 150 valence electrons. The number of hydrogen-bond donors (Lipinski definition) is 2. The first-order valence-corrected chi connectivity index (χ1v) is 10.8. The second-order valence-electron chi connectivity index (χ2n) is 8.52. The van der Waals surface area contributed by atoms with E-state index in [9.17, 15) is 14.4 Å². The summed E-state index contributed by atoms with van der Waals surface area (Å²) in [5.41, 5.74) is 0.278. The maximum atomic E-state index is 13.4. The molecule has 3 aliphatic heterocycles. The lowest BCUT2D eigenvalue weighted by molar-refractivity contribution is -0.142. The minimum Gasteiger partial charge on any atom is -0.324 e. The van der Waals surface area contributed by atoms with Gasteiger partial charge in [0.2, 0.25) is 17.7 Å². The summed E-state index contributed by atoms with van der Waals surface area (Å²) in [5, 5.41) is 6.40. The summed E-state index contributed by atoms with van der Waals surface area (Å²) in [6.07, 6.45) is 2.42. The quantitative estimate of drug-likeness (QED) is 0.679. The number of carbonyl (C=O) groups excluding carboxylic acids is 3. The van der Waals surface area contributed by atoms with Crippen molar-refractivity contribution in [2.45, 2.75) is 51.6 Å². The minimum absolute atomic E-state index is 0.130. The van der Waals surface area contributed by atoms with E-state index in [1.807, 2.05) is 25.1 Å². The Morgan fingerprint density at radius 1 is 1.21 bits per heavy atom. The Morgan fingerprint density at radius 3 is 2.64 bits per heavy atom. The summed E-state index contributed by atoms with van der Waals surface area (Å²) in [5.74, 6) is -1.44. The molecule has 4 rings (SSSR count). The average molecular weight is 448 g/mol. The van der Waals surface area contributed by atoms with Crippen LogP contribution in [-0.2, 0) is 19.9 Å². The van der Waals surface area contributed by atoms with Gasteiger partial charge in [-0.3, -0.25) is 24.6 Å². The molecule has 3 aliphatic rings. The zero-order chi connectivity index (χ0) is 20.2. The fraction of sp³-hybridized carbons (Fsp3) is 0.571. The monoisotopic (exact) mass is 447 g/mol. The van der Waals surface area contributed by atoms with Crippen LogP contribution in [0.5, 0.6) is 0 Å². The molecule has 2 fully saturated rings. The van der Waals surface area contributed by atoms with Gasteiger partial charge in [0.15, 0.2) is 0 Å². The highest BCUT2D eigenvalue weighted by Crippen LogP contribution is 2.54. The van der Waals surface area contributed by atoms with E-state index >= 15 is 0 Å². The third-order valence-electron chi connectivity index (χ3n) is 6.23. The van der Waals surface area contributed by atoms with Crippen LogP contribution in [0.15, 0.2) is 22.7 Å². The fourth-order valence-electron chi connectivity index (χ4n) is 5.08. The number of halogens is 1. The van der Waals surface area contributed by atoms with Crippen molar-refractivity contribution in [1.82, 2.24) is 10.2 Å². The van der Waals surface area contributed by atoms with Crippen molar-refractivity contribution in [1.29, 1.82) is 0 Å². The third-order valence-corrected chi connectivity index (χ3v) is 6.72. The highest BCUT2D eigenvalue weighted by atomic mass is 79.9. The second-order valence-corrected chi connectivity index (χ2v) is 9.43. The van der Waals surface area contributed by atoms with Crippen LogP contribution in [-0.4, -0.2) is 35.2 Å². The average Bonchev–Trinajstić information content (AvgIpc) is 3.19. The molecule has 0 aliphatic carbocycles. The topological polar surface area (TPSA) is 78.5 Å². The van der Waals surface area contributed by atoms with Gasteiger partial charge in [-0.15, -0.1) is 0 Å². The number of rotatable bonds is 5. The largest absolute Gasteiger partial charge is 0.324 e. The molecule has 3 amide bonds. The van der Waals surface area contributed by atoms with Crippen molar-refractivity contribution < 1.29 is 14.4 Å². The standard InChI is InChI=1S/C21H26BrN3O3/c1-4-5-8-25-18(26)16-15(9-11(2)3)24-21(17(16)19(25)27)13-10-12(22)6-7-14(13)23-20(21)28/h6-7,10-11,15-17,24H,4-5,8-9H2,1-3H3,(H,23,28)/t15-,16-,17+,21+/m1/s1. The molecule has 0 saturated carbocycles. The van der Waals surface area contributed by atoms with Crippen LogP contribution in [0.2, 0.25) is 0 Å². The highest BCUT2D eigenvalue weighted by Gasteiger charge is 2.70. The summed E-state index contributed by atoms with van der Waals surface area (Å²) in [4.78, 5) is 41.3. The number of imide groups is 1. The molecule has 0 aromatic heterocycles. The molecular formula is C21H26BrN3O3. The summed E-state index contributed by atoms with van der Waals surface area (Å²) >= 11 is 3.49. The van der Waals surface area contributed by atoms with Gasteiger partial charge in [-0.25, -0.2) is 0 Å². The maximum Gasteiger partial charge on any atom is 0.250 e. The number of likely N-dealkylation sites (tertiary alicyclic amines) is 1. The number of fused-ring (bicyclic) bond motifs is 4. The Hall–Kier alpha value is -1.73. The van der Waals surface area contributed by atoms with Gasteiger partial charge in [0, 0.05) is 28.3 Å². The van der Waals surface area contributed by atoms with Crippen LogP contribution >= 0.6 is 15.9 Å². The van der Waals surface area contributed by atoms with Crippen molar-refractivity contribution in [3.63, 3.8) is 0 Å². The van der Waals surface area contributed by atoms with E-state index in [4.69, 9.17) is 0 Å². The first kappa shape index (κ1) is 19.6. The molecule has 0 radical (unpaired) electrons. The summed E-state index contributed by atoms with van der Waals surface area (Å²) in [6, 6.07) is 5.39. The molecule has 6 nitrogen and oxygen atoms in total. The number of carbonyl (C=O) groups is 3. The summed E-state index contributed by atoms with van der Waals surface area (Å²) < 4.78 is 0.840. The molecule has 3 heterocycles. The smallest absolute Gasteiger partial charge is 0.250 e. The third kappa shape index (κ3) is 2.66. The van der Waals surface area contributed by atoms with Gasteiger partial charge >= 0.3 is 0 Å².